The Morgan fingerprint density at radius 1 is 1.43 bits per heavy atom. The topological polar surface area (TPSA) is 56.7 Å². The third kappa shape index (κ3) is 1.56. The van der Waals surface area contributed by atoms with Crippen LogP contribution in [0.15, 0.2) is 24.7 Å². The molecule has 0 bridgehead atoms. The number of nitrogen functional groups attached to an aromatic ring is 1. The summed E-state index contributed by atoms with van der Waals surface area (Å²) in [7, 11) is 0. The van der Waals surface area contributed by atoms with Crippen LogP contribution in [-0.4, -0.2) is 14.8 Å². The van der Waals surface area contributed by atoms with Crippen molar-refractivity contribution < 1.29 is 0 Å². The maximum atomic E-state index is 5.74. The first-order chi connectivity index (χ1) is 6.66. The van der Waals surface area contributed by atoms with E-state index in [0.29, 0.717) is 10.8 Å². The lowest BCUT2D eigenvalue weighted by Crippen LogP contribution is -1.95. The summed E-state index contributed by atoms with van der Waals surface area (Å²) < 4.78 is 1.61. The van der Waals surface area contributed by atoms with Gasteiger partial charge in [-0.05, 0) is 18.6 Å². The van der Waals surface area contributed by atoms with Crippen LogP contribution in [0.1, 0.15) is 5.56 Å². The third-order valence-electron chi connectivity index (χ3n) is 1.82. The molecule has 2 heterocycles. The summed E-state index contributed by atoms with van der Waals surface area (Å²) in [6.45, 7) is 1.96. The summed E-state index contributed by atoms with van der Waals surface area (Å²) in [4.78, 5) is 4.05. The second-order valence-electron chi connectivity index (χ2n) is 3.04. The van der Waals surface area contributed by atoms with Crippen molar-refractivity contribution in [3.63, 3.8) is 0 Å². The lowest BCUT2D eigenvalue weighted by atomic mass is 10.3. The predicted molar refractivity (Wildman–Crippen MR) is 55.5 cm³/mol. The van der Waals surface area contributed by atoms with Crippen LogP contribution in [-0.2, 0) is 0 Å². The molecule has 2 N–H and O–H groups in total. The van der Waals surface area contributed by atoms with E-state index in [1.54, 1.807) is 23.3 Å². The van der Waals surface area contributed by atoms with Gasteiger partial charge in [-0.2, -0.15) is 5.10 Å². The molecule has 0 aliphatic heterocycles. The number of hydrogen-bond acceptors (Lipinski definition) is 3. The Kier molecular flexibility index (Phi) is 2.13. The van der Waals surface area contributed by atoms with E-state index in [4.69, 9.17) is 17.3 Å². The average molecular weight is 209 g/mol. The Balaban J connectivity index is 2.49. The quantitative estimate of drug-likeness (QED) is 0.778. The van der Waals surface area contributed by atoms with Gasteiger partial charge in [0.05, 0.1) is 23.8 Å². The van der Waals surface area contributed by atoms with Crippen LogP contribution in [0.5, 0.6) is 0 Å². The number of aromatic nitrogens is 3. The second kappa shape index (κ2) is 3.31. The van der Waals surface area contributed by atoms with Crippen molar-refractivity contribution in [1.29, 1.82) is 0 Å². The fraction of sp³-hybridized carbons (Fsp3) is 0.111. The molecule has 0 aliphatic carbocycles. The van der Waals surface area contributed by atoms with Gasteiger partial charge >= 0.3 is 0 Å². The normalized spacial score (nSPS) is 10.4. The second-order valence-corrected chi connectivity index (χ2v) is 3.40. The molecule has 2 aromatic rings. The molecule has 5 heteroatoms. The Morgan fingerprint density at radius 2 is 2.21 bits per heavy atom. The first kappa shape index (κ1) is 9.02. The molecule has 0 aromatic carbocycles. The molecule has 14 heavy (non-hydrogen) atoms. The van der Waals surface area contributed by atoms with Crippen molar-refractivity contribution in [3.8, 4) is 5.69 Å². The van der Waals surface area contributed by atoms with Crippen LogP contribution in [0.4, 0.5) is 5.69 Å². The van der Waals surface area contributed by atoms with E-state index in [-0.39, 0.29) is 0 Å². The molecule has 0 amide bonds. The molecule has 0 saturated carbocycles. The van der Waals surface area contributed by atoms with Crippen molar-refractivity contribution in [3.05, 3.63) is 35.4 Å². The number of nitrogens with two attached hydrogens (primary N) is 1. The standard InChI is InChI=1S/C9H9ClN4/c1-6-2-7(4-12-3-6)14-5-8(11)9(10)13-14/h2-5H,11H2,1H3. The van der Waals surface area contributed by atoms with Gasteiger partial charge in [-0.1, -0.05) is 11.6 Å². The van der Waals surface area contributed by atoms with Gasteiger partial charge in [0.25, 0.3) is 0 Å². The lowest BCUT2D eigenvalue weighted by molar-refractivity contribution is 0.872. The van der Waals surface area contributed by atoms with Crippen LogP contribution in [0.2, 0.25) is 5.15 Å². The van der Waals surface area contributed by atoms with Gasteiger partial charge in [-0.3, -0.25) is 4.98 Å². The maximum absolute atomic E-state index is 5.74. The maximum Gasteiger partial charge on any atom is 0.174 e. The zero-order valence-electron chi connectivity index (χ0n) is 7.61. The van der Waals surface area contributed by atoms with Gasteiger partial charge in [0, 0.05) is 6.20 Å². The summed E-state index contributed by atoms with van der Waals surface area (Å²) in [6, 6.07) is 1.95. The molecule has 0 aliphatic rings. The summed E-state index contributed by atoms with van der Waals surface area (Å²) in [5, 5.41) is 4.35. The summed E-state index contributed by atoms with van der Waals surface area (Å²) in [5.74, 6) is 0. The highest BCUT2D eigenvalue weighted by molar-refractivity contribution is 6.31. The van der Waals surface area contributed by atoms with Crippen LogP contribution in [0, 0.1) is 6.92 Å². The van der Waals surface area contributed by atoms with E-state index < -0.39 is 0 Å². The van der Waals surface area contributed by atoms with Crippen molar-refractivity contribution in [1.82, 2.24) is 14.8 Å². The number of pyridine rings is 1. The number of anilines is 1. The summed E-state index contributed by atoms with van der Waals surface area (Å²) in [5.41, 5.74) is 7.96. The number of rotatable bonds is 1. The van der Waals surface area contributed by atoms with E-state index in [0.717, 1.165) is 11.3 Å². The van der Waals surface area contributed by atoms with Crippen molar-refractivity contribution in [2.24, 2.45) is 0 Å². The first-order valence-electron chi connectivity index (χ1n) is 4.09. The van der Waals surface area contributed by atoms with E-state index in [1.165, 1.54) is 0 Å². The molecule has 0 saturated heterocycles. The summed E-state index contributed by atoms with van der Waals surface area (Å²) >= 11 is 5.74. The zero-order chi connectivity index (χ0) is 10.1. The summed E-state index contributed by atoms with van der Waals surface area (Å²) in [6.07, 6.45) is 5.15. The van der Waals surface area contributed by atoms with Crippen molar-refractivity contribution in [2.75, 3.05) is 5.73 Å². The van der Waals surface area contributed by atoms with E-state index in [2.05, 4.69) is 10.1 Å². The van der Waals surface area contributed by atoms with Crippen molar-refractivity contribution >= 4 is 17.3 Å². The van der Waals surface area contributed by atoms with E-state index in [1.807, 2.05) is 13.0 Å². The van der Waals surface area contributed by atoms with Crippen LogP contribution < -0.4 is 5.73 Å². The van der Waals surface area contributed by atoms with Gasteiger partial charge in [0.15, 0.2) is 5.15 Å². The highest BCUT2D eigenvalue weighted by Gasteiger charge is 2.04. The molecular formula is C9H9ClN4. The molecule has 0 fully saturated rings. The fourth-order valence-electron chi connectivity index (χ4n) is 1.16. The molecule has 72 valence electrons. The lowest BCUT2D eigenvalue weighted by Gasteiger charge is -2.00. The molecular weight excluding hydrogens is 200 g/mol. The molecule has 0 unspecified atom stereocenters. The Bertz CT molecular complexity index is 444. The smallest absolute Gasteiger partial charge is 0.174 e. The van der Waals surface area contributed by atoms with Crippen LogP contribution in [0.25, 0.3) is 5.69 Å². The molecule has 0 atom stereocenters. The number of nitrogens with zero attached hydrogens (tertiary/aromatic N) is 3. The molecule has 4 nitrogen and oxygen atoms in total. The first-order valence-corrected chi connectivity index (χ1v) is 4.47. The Hall–Kier alpha value is -1.55. The van der Waals surface area contributed by atoms with Gasteiger partial charge in [-0.25, -0.2) is 4.68 Å². The van der Waals surface area contributed by atoms with Crippen LogP contribution >= 0.6 is 11.6 Å². The number of halogens is 1. The Labute approximate surface area is 86.3 Å². The zero-order valence-corrected chi connectivity index (χ0v) is 8.36. The van der Waals surface area contributed by atoms with Gasteiger partial charge in [0.1, 0.15) is 0 Å². The third-order valence-corrected chi connectivity index (χ3v) is 2.11. The molecule has 0 spiro atoms. The number of aryl methyl sites for hydroxylation is 1. The average Bonchev–Trinajstić information content (AvgIpc) is 2.47. The van der Waals surface area contributed by atoms with E-state index in [9.17, 15) is 0 Å². The molecule has 2 rings (SSSR count). The SMILES string of the molecule is Cc1cncc(-n2cc(N)c(Cl)n2)c1. The van der Waals surface area contributed by atoms with Gasteiger partial charge in [0.2, 0.25) is 0 Å². The van der Waals surface area contributed by atoms with E-state index >= 15 is 0 Å². The minimum absolute atomic E-state index is 0.312. The van der Waals surface area contributed by atoms with Gasteiger partial charge < -0.3 is 5.73 Å². The highest BCUT2D eigenvalue weighted by atomic mass is 35.5. The predicted octanol–water partition coefficient (Wildman–Crippen LogP) is 1.81. The number of hydrogen-bond donors (Lipinski definition) is 1. The van der Waals surface area contributed by atoms with Crippen molar-refractivity contribution in [2.45, 2.75) is 6.92 Å². The fourth-order valence-corrected chi connectivity index (χ4v) is 1.29. The van der Waals surface area contributed by atoms with Gasteiger partial charge in [-0.15, -0.1) is 0 Å². The largest absolute Gasteiger partial charge is 0.395 e. The Morgan fingerprint density at radius 3 is 2.79 bits per heavy atom. The molecule has 2 aromatic heterocycles. The minimum atomic E-state index is 0.312. The highest BCUT2D eigenvalue weighted by Crippen LogP contribution is 2.18. The van der Waals surface area contributed by atoms with Crippen LogP contribution in [0.3, 0.4) is 0 Å². The monoisotopic (exact) mass is 208 g/mol. The molecule has 0 radical (unpaired) electrons. The minimum Gasteiger partial charge on any atom is -0.395 e.